The topological polar surface area (TPSA) is 64.0 Å². The van der Waals surface area contributed by atoms with E-state index in [4.69, 9.17) is 0 Å². The van der Waals surface area contributed by atoms with Crippen molar-refractivity contribution in [3.05, 3.63) is 70.1 Å². The second-order valence-corrected chi connectivity index (χ2v) is 5.53. The quantitative estimate of drug-likeness (QED) is 0.774. The predicted molar refractivity (Wildman–Crippen MR) is 91.1 cm³/mol. The Morgan fingerprint density at radius 1 is 1.15 bits per heavy atom. The number of nitrogens with one attached hydrogen (secondary N) is 1. The van der Waals surface area contributed by atoms with Gasteiger partial charge < -0.3 is 9.88 Å². The molecule has 0 fully saturated rings. The number of aryl methyl sites for hydroxylation is 1. The van der Waals surface area contributed by atoms with E-state index >= 15 is 0 Å². The molecule has 0 aliphatic rings. The molecular weight excluding hydrogens is 347 g/mol. The van der Waals surface area contributed by atoms with E-state index in [-0.39, 0.29) is 11.4 Å². The van der Waals surface area contributed by atoms with Gasteiger partial charge in [-0.25, -0.2) is 4.98 Å². The Morgan fingerprint density at radius 2 is 1.88 bits per heavy atom. The molecule has 0 saturated heterocycles. The summed E-state index contributed by atoms with van der Waals surface area (Å²) in [4.78, 5) is 29.1. The van der Waals surface area contributed by atoms with Gasteiger partial charge in [0.1, 0.15) is 0 Å². The van der Waals surface area contributed by atoms with Crippen LogP contribution in [0.1, 0.15) is 23.0 Å². The summed E-state index contributed by atoms with van der Waals surface area (Å²) in [5.41, 5.74) is -0.910. The van der Waals surface area contributed by atoms with Crippen LogP contribution in [0.2, 0.25) is 0 Å². The number of alkyl halides is 3. The number of benzene rings is 2. The highest BCUT2D eigenvalue weighted by Crippen LogP contribution is 2.30. The third-order valence-electron chi connectivity index (χ3n) is 3.83. The Kier molecular flexibility index (Phi) is 4.50. The largest absolute Gasteiger partial charge is 0.416 e. The first-order valence-corrected chi connectivity index (χ1v) is 7.79. The Hall–Kier alpha value is -3.16. The molecule has 1 N–H and O–H groups in total. The Morgan fingerprint density at radius 3 is 2.58 bits per heavy atom. The van der Waals surface area contributed by atoms with Gasteiger partial charge >= 0.3 is 6.18 Å². The molecule has 0 unspecified atom stereocenters. The van der Waals surface area contributed by atoms with Crippen molar-refractivity contribution >= 4 is 22.6 Å². The zero-order valence-corrected chi connectivity index (χ0v) is 13.7. The summed E-state index contributed by atoms with van der Waals surface area (Å²) >= 11 is 0. The number of anilines is 1. The molecule has 0 spiro atoms. The lowest BCUT2D eigenvalue weighted by Crippen LogP contribution is -2.31. The molecule has 2 aromatic carbocycles. The summed E-state index contributed by atoms with van der Waals surface area (Å²) < 4.78 is 39.8. The summed E-state index contributed by atoms with van der Waals surface area (Å²) in [6.07, 6.45) is -4.53. The van der Waals surface area contributed by atoms with Crippen LogP contribution in [0.15, 0.2) is 53.3 Å². The first-order chi connectivity index (χ1) is 12.3. The van der Waals surface area contributed by atoms with E-state index in [0.717, 1.165) is 12.1 Å². The fourth-order valence-electron chi connectivity index (χ4n) is 2.62. The third-order valence-corrected chi connectivity index (χ3v) is 3.83. The highest BCUT2D eigenvalue weighted by molar-refractivity contribution is 6.03. The number of fused-ring (bicyclic) bond motifs is 1. The summed E-state index contributed by atoms with van der Waals surface area (Å²) in [7, 11) is 0. The van der Waals surface area contributed by atoms with Crippen molar-refractivity contribution in [1.82, 2.24) is 9.55 Å². The normalized spacial score (nSPS) is 11.5. The highest BCUT2D eigenvalue weighted by atomic mass is 19.4. The van der Waals surface area contributed by atoms with Crippen molar-refractivity contribution in [1.29, 1.82) is 0 Å². The van der Waals surface area contributed by atoms with Gasteiger partial charge in [0, 0.05) is 12.2 Å². The molecule has 0 atom stereocenters. The van der Waals surface area contributed by atoms with Crippen LogP contribution in [0.4, 0.5) is 18.9 Å². The molecule has 134 valence electrons. The van der Waals surface area contributed by atoms with Crippen LogP contribution >= 0.6 is 0 Å². The van der Waals surface area contributed by atoms with E-state index in [1.54, 1.807) is 31.2 Å². The van der Waals surface area contributed by atoms with Crippen molar-refractivity contribution in [3.8, 4) is 0 Å². The lowest BCUT2D eigenvalue weighted by molar-refractivity contribution is -0.137. The standard InChI is InChI=1S/C18H14F3N3O2/c1-2-24-14-9-4-3-8-13(14)23-15(17(24)26)16(25)22-12-7-5-6-11(10-12)18(19,20)21/h3-10H,2H2,1H3,(H,22,25). The second kappa shape index (κ2) is 6.62. The van der Waals surface area contributed by atoms with E-state index in [0.29, 0.717) is 17.6 Å². The Labute approximate surface area is 146 Å². The fraction of sp³-hybridized carbons (Fsp3) is 0.167. The fourth-order valence-corrected chi connectivity index (χ4v) is 2.62. The van der Waals surface area contributed by atoms with Gasteiger partial charge in [-0.15, -0.1) is 0 Å². The summed E-state index contributed by atoms with van der Waals surface area (Å²) in [6, 6.07) is 11.0. The van der Waals surface area contributed by atoms with Crippen molar-refractivity contribution in [2.75, 3.05) is 5.32 Å². The van der Waals surface area contributed by atoms with Crippen LogP contribution < -0.4 is 10.9 Å². The highest BCUT2D eigenvalue weighted by Gasteiger charge is 2.30. The van der Waals surface area contributed by atoms with Crippen LogP contribution in [0, 0.1) is 0 Å². The number of aromatic nitrogens is 2. The number of hydrogen-bond donors (Lipinski definition) is 1. The van der Waals surface area contributed by atoms with Gasteiger partial charge in [0.05, 0.1) is 16.6 Å². The molecule has 8 heteroatoms. The van der Waals surface area contributed by atoms with E-state index in [2.05, 4.69) is 10.3 Å². The van der Waals surface area contributed by atoms with Crippen LogP contribution in [0.25, 0.3) is 11.0 Å². The summed E-state index contributed by atoms with van der Waals surface area (Å²) in [5, 5.41) is 2.31. The average molecular weight is 361 g/mol. The molecule has 0 bridgehead atoms. The van der Waals surface area contributed by atoms with E-state index in [1.807, 2.05) is 0 Å². The number of hydrogen-bond acceptors (Lipinski definition) is 3. The Bertz CT molecular complexity index is 1040. The predicted octanol–water partition coefficient (Wildman–Crippen LogP) is 3.69. The van der Waals surface area contributed by atoms with Gasteiger partial charge in [-0.3, -0.25) is 9.59 Å². The van der Waals surface area contributed by atoms with Crippen LogP contribution in [0.5, 0.6) is 0 Å². The monoisotopic (exact) mass is 361 g/mol. The van der Waals surface area contributed by atoms with Crippen molar-refractivity contribution in [2.45, 2.75) is 19.6 Å². The van der Waals surface area contributed by atoms with Crippen molar-refractivity contribution in [2.24, 2.45) is 0 Å². The molecule has 3 rings (SSSR count). The van der Waals surface area contributed by atoms with E-state index < -0.39 is 23.2 Å². The number of nitrogens with zero attached hydrogens (tertiary/aromatic N) is 2. The SMILES string of the molecule is CCn1c(=O)c(C(=O)Nc2cccc(C(F)(F)F)c2)nc2ccccc21. The number of carbonyl (C=O) groups is 1. The van der Waals surface area contributed by atoms with Crippen LogP contribution in [0.3, 0.4) is 0 Å². The van der Waals surface area contributed by atoms with Gasteiger partial charge in [-0.1, -0.05) is 18.2 Å². The lowest BCUT2D eigenvalue weighted by Gasteiger charge is -2.11. The van der Waals surface area contributed by atoms with Crippen molar-refractivity contribution < 1.29 is 18.0 Å². The molecule has 1 amide bonds. The smallest absolute Gasteiger partial charge is 0.320 e. The molecule has 0 aliphatic carbocycles. The van der Waals surface area contributed by atoms with Crippen LogP contribution in [-0.2, 0) is 12.7 Å². The number of carbonyl (C=O) groups excluding carboxylic acids is 1. The van der Waals surface area contributed by atoms with Crippen molar-refractivity contribution in [3.63, 3.8) is 0 Å². The first kappa shape index (κ1) is 17.7. The molecule has 5 nitrogen and oxygen atoms in total. The molecule has 3 aromatic rings. The first-order valence-electron chi connectivity index (χ1n) is 7.79. The minimum atomic E-state index is -4.53. The number of halogens is 3. The molecule has 0 radical (unpaired) electrons. The zero-order chi connectivity index (χ0) is 18.9. The average Bonchev–Trinajstić information content (AvgIpc) is 2.60. The van der Waals surface area contributed by atoms with E-state index in [1.165, 1.54) is 16.7 Å². The third kappa shape index (κ3) is 3.30. The number of amides is 1. The molecule has 26 heavy (non-hydrogen) atoms. The second-order valence-electron chi connectivity index (χ2n) is 5.53. The minimum absolute atomic E-state index is 0.0674. The maximum Gasteiger partial charge on any atom is 0.416 e. The molecule has 1 heterocycles. The maximum absolute atomic E-state index is 12.8. The van der Waals surface area contributed by atoms with Gasteiger partial charge in [-0.05, 0) is 37.3 Å². The molecule has 0 aliphatic heterocycles. The van der Waals surface area contributed by atoms with Gasteiger partial charge in [0.15, 0.2) is 5.69 Å². The zero-order valence-electron chi connectivity index (χ0n) is 13.7. The summed E-state index contributed by atoms with van der Waals surface area (Å²) in [6.45, 7) is 2.08. The summed E-state index contributed by atoms with van der Waals surface area (Å²) in [5.74, 6) is -0.859. The molecule has 0 saturated carbocycles. The number of rotatable bonds is 3. The van der Waals surface area contributed by atoms with E-state index in [9.17, 15) is 22.8 Å². The van der Waals surface area contributed by atoms with Gasteiger partial charge in [-0.2, -0.15) is 13.2 Å². The van der Waals surface area contributed by atoms with Gasteiger partial charge in [0.2, 0.25) is 0 Å². The molecule has 1 aromatic heterocycles. The minimum Gasteiger partial charge on any atom is -0.320 e. The van der Waals surface area contributed by atoms with Crippen LogP contribution in [-0.4, -0.2) is 15.5 Å². The Balaban J connectivity index is 2.01. The lowest BCUT2D eigenvalue weighted by atomic mass is 10.2. The molecular formula is C18H14F3N3O2. The van der Waals surface area contributed by atoms with Gasteiger partial charge in [0.25, 0.3) is 11.5 Å². The maximum atomic E-state index is 12.8. The number of para-hydroxylation sites is 2.